The largest absolute Gasteiger partial charge is 0.508 e. The van der Waals surface area contributed by atoms with E-state index in [1.807, 2.05) is 0 Å². The Balaban J connectivity index is 2.08. The number of rotatable bonds is 5. The van der Waals surface area contributed by atoms with Crippen LogP contribution in [0.2, 0.25) is 4.34 Å². The molecule has 3 N–H and O–H groups in total. The lowest BCUT2D eigenvalue weighted by molar-refractivity contribution is -0.136. The van der Waals surface area contributed by atoms with Crippen LogP contribution in [0.3, 0.4) is 0 Å². The van der Waals surface area contributed by atoms with Crippen LogP contribution < -0.4 is 10.6 Å². The zero-order chi connectivity index (χ0) is 20.5. The minimum Gasteiger partial charge on any atom is -0.508 e. The van der Waals surface area contributed by atoms with Gasteiger partial charge < -0.3 is 20.5 Å². The number of amides is 2. The Kier molecular flexibility index (Phi) is 5.64. The van der Waals surface area contributed by atoms with Gasteiger partial charge in [0, 0.05) is 5.70 Å². The first kappa shape index (κ1) is 20.2. The maximum absolute atomic E-state index is 12.7. The van der Waals surface area contributed by atoms with Crippen molar-refractivity contribution < 1.29 is 27.9 Å². The Morgan fingerprint density at radius 2 is 1.93 bits per heavy atom. The third-order valence-corrected chi connectivity index (χ3v) is 7.43. The number of urea groups is 1. The number of sulfone groups is 1. The van der Waals surface area contributed by atoms with Gasteiger partial charge in [-0.1, -0.05) is 23.7 Å². The molecule has 0 radical (unpaired) electrons. The van der Waals surface area contributed by atoms with E-state index in [4.69, 9.17) is 16.3 Å². The van der Waals surface area contributed by atoms with Gasteiger partial charge in [-0.2, -0.15) is 0 Å². The standard InChI is InChI=1S/C17H15ClN2O6S2/c1-26-16(22)14-11(8-28(24,25)13-7-6-12(18)27-13)19-17(23)20-15(14)9-2-4-10(21)5-3-9/h2-7,15,21H,8H2,1H3,(H2,19,20,23)/t15-/m0/s1. The molecule has 148 valence electrons. The summed E-state index contributed by atoms with van der Waals surface area (Å²) in [6.45, 7) is 0. The second-order valence-electron chi connectivity index (χ2n) is 5.82. The van der Waals surface area contributed by atoms with Gasteiger partial charge in [0.25, 0.3) is 0 Å². The van der Waals surface area contributed by atoms with E-state index in [-0.39, 0.29) is 21.2 Å². The summed E-state index contributed by atoms with van der Waals surface area (Å²) in [5.41, 5.74) is 0.347. The third-order valence-electron chi connectivity index (χ3n) is 3.97. The van der Waals surface area contributed by atoms with Crippen LogP contribution in [-0.2, 0) is 19.4 Å². The first-order valence-corrected chi connectivity index (χ1v) is 10.7. The number of methoxy groups -OCH3 is 1. The maximum atomic E-state index is 12.7. The van der Waals surface area contributed by atoms with Crippen molar-refractivity contribution in [3.63, 3.8) is 0 Å². The molecule has 1 aliphatic rings. The zero-order valence-corrected chi connectivity index (χ0v) is 16.8. The summed E-state index contributed by atoms with van der Waals surface area (Å²) >= 11 is 6.70. The van der Waals surface area contributed by atoms with Crippen LogP contribution in [0.25, 0.3) is 0 Å². The maximum Gasteiger partial charge on any atom is 0.338 e. The molecule has 2 aromatic rings. The molecule has 8 nitrogen and oxygen atoms in total. The molecular formula is C17H15ClN2O6S2. The molecule has 0 spiro atoms. The fraction of sp³-hybridized carbons (Fsp3) is 0.176. The molecule has 1 aromatic carbocycles. The highest BCUT2D eigenvalue weighted by Gasteiger charge is 2.35. The molecule has 1 aromatic heterocycles. The van der Waals surface area contributed by atoms with Gasteiger partial charge in [0.2, 0.25) is 0 Å². The number of carbonyl (C=O) groups is 2. The second-order valence-corrected chi connectivity index (χ2v) is 9.76. The van der Waals surface area contributed by atoms with Crippen LogP contribution >= 0.6 is 22.9 Å². The van der Waals surface area contributed by atoms with E-state index in [1.165, 1.54) is 36.4 Å². The highest BCUT2D eigenvalue weighted by molar-refractivity contribution is 7.93. The Morgan fingerprint density at radius 1 is 1.25 bits per heavy atom. The van der Waals surface area contributed by atoms with Crippen LogP contribution in [0.15, 0.2) is 51.9 Å². The van der Waals surface area contributed by atoms with Crippen LogP contribution in [0.5, 0.6) is 5.75 Å². The average Bonchev–Trinajstić information content (AvgIpc) is 3.08. The monoisotopic (exact) mass is 442 g/mol. The number of aromatic hydroxyl groups is 1. The Hall–Kier alpha value is -2.56. The number of phenols is 1. The van der Waals surface area contributed by atoms with Crippen LogP contribution in [0, 0.1) is 0 Å². The molecule has 28 heavy (non-hydrogen) atoms. The number of ether oxygens (including phenoxy) is 1. The predicted molar refractivity (Wildman–Crippen MR) is 103 cm³/mol. The molecule has 0 bridgehead atoms. The number of hydrogen-bond donors (Lipinski definition) is 3. The Labute approximate surface area is 169 Å². The number of carbonyl (C=O) groups excluding carboxylic acids is 2. The van der Waals surface area contributed by atoms with Gasteiger partial charge in [-0.05, 0) is 29.8 Å². The molecule has 0 saturated heterocycles. The highest BCUT2D eigenvalue weighted by Crippen LogP contribution is 2.32. The number of halogens is 1. The van der Waals surface area contributed by atoms with Crippen LogP contribution in [0.4, 0.5) is 4.79 Å². The molecule has 11 heteroatoms. The van der Waals surface area contributed by atoms with Gasteiger partial charge in [-0.15, -0.1) is 11.3 Å². The van der Waals surface area contributed by atoms with Crippen LogP contribution in [0.1, 0.15) is 11.6 Å². The summed E-state index contributed by atoms with van der Waals surface area (Å²) < 4.78 is 30.6. The topological polar surface area (TPSA) is 122 Å². The van der Waals surface area contributed by atoms with Gasteiger partial charge in [-0.25, -0.2) is 18.0 Å². The van der Waals surface area contributed by atoms with E-state index >= 15 is 0 Å². The fourth-order valence-corrected chi connectivity index (χ4v) is 5.62. The minimum absolute atomic E-state index is 0.00461. The van der Waals surface area contributed by atoms with Gasteiger partial charge in [0.15, 0.2) is 9.84 Å². The second kappa shape index (κ2) is 7.82. The summed E-state index contributed by atoms with van der Waals surface area (Å²) in [6, 6.07) is 7.01. The Morgan fingerprint density at radius 3 is 2.50 bits per heavy atom. The minimum atomic E-state index is -3.86. The molecule has 2 amide bonds. The van der Waals surface area contributed by atoms with Gasteiger partial charge in [-0.3, -0.25) is 0 Å². The van der Waals surface area contributed by atoms with E-state index in [1.54, 1.807) is 0 Å². The highest BCUT2D eigenvalue weighted by atomic mass is 35.5. The lowest BCUT2D eigenvalue weighted by Crippen LogP contribution is -2.47. The van der Waals surface area contributed by atoms with Crippen molar-refractivity contribution in [2.75, 3.05) is 12.9 Å². The summed E-state index contributed by atoms with van der Waals surface area (Å²) in [6.07, 6.45) is 0. The quantitative estimate of drug-likeness (QED) is 0.611. The number of benzene rings is 1. The molecule has 2 heterocycles. The average molecular weight is 443 g/mol. The van der Waals surface area contributed by atoms with Gasteiger partial charge >= 0.3 is 12.0 Å². The van der Waals surface area contributed by atoms with E-state index in [0.717, 1.165) is 18.4 Å². The number of phenolic OH excluding ortho intramolecular Hbond substituents is 1. The normalized spacial score (nSPS) is 17.1. The van der Waals surface area contributed by atoms with Crippen molar-refractivity contribution in [3.05, 3.63) is 57.6 Å². The molecule has 1 atom stereocenters. The van der Waals surface area contributed by atoms with E-state index in [0.29, 0.717) is 9.90 Å². The van der Waals surface area contributed by atoms with Gasteiger partial charge in [0.1, 0.15) is 9.96 Å². The molecule has 1 aliphatic heterocycles. The first-order valence-electron chi connectivity index (χ1n) is 7.87. The summed E-state index contributed by atoms with van der Waals surface area (Å²) in [7, 11) is -2.71. The third kappa shape index (κ3) is 4.13. The molecular weight excluding hydrogens is 428 g/mol. The van der Waals surface area contributed by atoms with Crippen molar-refractivity contribution in [3.8, 4) is 5.75 Å². The van der Waals surface area contributed by atoms with E-state index in [9.17, 15) is 23.1 Å². The molecule has 0 fully saturated rings. The molecule has 0 unspecified atom stereocenters. The van der Waals surface area contributed by atoms with Crippen molar-refractivity contribution in [1.29, 1.82) is 0 Å². The fourth-order valence-electron chi connectivity index (χ4n) is 2.73. The molecule has 0 saturated carbocycles. The van der Waals surface area contributed by atoms with E-state index < -0.39 is 33.6 Å². The molecule has 0 aliphatic carbocycles. The smallest absolute Gasteiger partial charge is 0.338 e. The molecule has 3 rings (SSSR count). The summed E-state index contributed by atoms with van der Waals surface area (Å²) in [5.74, 6) is -1.40. The first-order chi connectivity index (χ1) is 13.2. The van der Waals surface area contributed by atoms with Crippen molar-refractivity contribution in [2.24, 2.45) is 0 Å². The van der Waals surface area contributed by atoms with Crippen molar-refractivity contribution in [2.45, 2.75) is 10.3 Å². The van der Waals surface area contributed by atoms with Crippen molar-refractivity contribution in [1.82, 2.24) is 10.6 Å². The summed E-state index contributed by atoms with van der Waals surface area (Å²) in [5, 5.41) is 14.4. The lowest BCUT2D eigenvalue weighted by atomic mass is 9.95. The zero-order valence-electron chi connectivity index (χ0n) is 14.4. The van der Waals surface area contributed by atoms with Crippen LogP contribution in [-0.4, -0.2) is 38.4 Å². The predicted octanol–water partition coefficient (Wildman–Crippen LogP) is 2.36. The number of nitrogens with one attached hydrogen (secondary N) is 2. The number of hydrogen-bond acceptors (Lipinski definition) is 7. The number of esters is 1. The van der Waals surface area contributed by atoms with Crippen molar-refractivity contribution >= 4 is 44.8 Å². The van der Waals surface area contributed by atoms with Gasteiger partial charge in [0.05, 0.1) is 28.8 Å². The Bertz CT molecular complexity index is 1060. The SMILES string of the molecule is COC(=O)C1=C(CS(=O)(=O)c2ccc(Cl)s2)NC(=O)N[C@H]1c1ccc(O)cc1. The van der Waals surface area contributed by atoms with E-state index in [2.05, 4.69) is 10.6 Å². The summed E-state index contributed by atoms with van der Waals surface area (Å²) in [4.78, 5) is 24.6. The lowest BCUT2D eigenvalue weighted by Gasteiger charge is -2.29. The number of thiophene rings is 1.